The maximum absolute atomic E-state index is 12.7. The highest BCUT2D eigenvalue weighted by molar-refractivity contribution is 6.30. The van der Waals surface area contributed by atoms with E-state index in [4.69, 9.17) is 16.3 Å². The van der Waals surface area contributed by atoms with E-state index in [0.717, 1.165) is 38.0 Å². The maximum Gasteiger partial charge on any atom is 0.254 e. The number of carbonyl (C=O) groups is 1. The smallest absolute Gasteiger partial charge is 0.254 e. The number of aliphatic hydroxyl groups is 1. The Balaban J connectivity index is 1.31. The van der Waals surface area contributed by atoms with E-state index >= 15 is 0 Å². The average Bonchev–Trinajstić information content (AvgIpc) is 2.82. The first-order valence-corrected chi connectivity index (χ1v) is 11.7. The molecule has 0 spiro atoms. The molecule has 0 saturated carbocycles. The fraction of sp³-hybridized carbons (Fsp3) is 0.346. The molecule has 1 aromatic carbocycles. The van der Waals surface area contributed by atoms with Crippen molar-refractivity contribution in [3.8, 4) is 5.75 Å². The van der Waals surface area contributed by atoms with Gasteiger partial charge in [-0.1, -0.05) is 35.9 Å². The number of piperidine rings is 1. The molecule has 178 valence electrons. The molecular weight excluding hydrogens is 454 g/mol. The highest BCUT2D eigenvalue weighted by Crippen LogP contribution is 2.22. The highest BCUT2D eigenvalue weighted by atomic mass is 35.5. The van der Waals surface area contributed by atoms with Gasteiger partial charge in [0.15, 0.2) is 5.78 Å². The van der Waals surface area contributed by atoms with Crippen LogP contribution in [0.5, 0.6) is 5.75 Å². The molecule has 0 bridgehead atoms. The molecule has 4 rings (SSSR count). The second-order valence-corrected chi connectivity index (χ2v) is 9.41. The summed E-state index contributed by atoms with van der Waals surface area (Å²) in [5, 5.41) is 10.6. The number of Topliss-reactive ketones (excluding diaryl/α,β-unsaturated/α-hetero) is 1. The number of pyridine rings is 2. The van der Waals surface area contributed by atoms with Gasteiger partial charge in [0.05, 0.1) is 22.9 Å². The average molecular weight is 482 g/mol. The predicted octanol–water partition coefficient (Wildman–Crippen LogP) is 3.71. The van der Waals surface area contributed by atoms with Crippen molar-refractivity contribution in [2.45, 2.75) is 45.1 Å². The standard InChI is InChI=1S/C26H28ClN3O4/c1-26(33)9-12-29(13-10-26)16-19-2-4-20(5-3-19)24(31)17-30-11-8-23(14-25(30)32)34-18-22-7-6-21(27)15-28-22/h2-8,11,14-15,33H,9-10,12-13,16-18H2,1H3. The van der Waals surface area contributed by atoms with Gasteiger partial charge in [-0.25, -0.2) is 0 Å². The Morgan fingerprint density at radius 2 is 1.88 bits per heavy atom. The van der Waals surface area contributed by atoms with E-state index < -0.39 is 5.60 Å². The Labute approximate surface area is 203 Å². The molecule has 34 heavy (non-hydrogen) atoms. The van der Waals surface area contributed by atoms with E-state index in [9.17, 15) is 14.7 Å². The third-order valence-electron chi connectivity index (χ3n) is 6.07. The summed E-state index contributed by atoms with van der Waals surface area (Å²) in [7, 11) is 0. The zero-order valence-corrected chi connectivity index (χ0v) is 19.9. The Morgan fingerprint density at radius 3 is 2.53 bits per heavy atom. The van der Waals surface area contributed by atoms with Crippen LogP contribution in [0.1, 0.15) is 41.4 Å². The van der Waals surface area contributed by atoms with Crippen molar-refractivity contribution < 1.29 is 14.6 Å². The van der Waals surface area contributed by atoms with Gasteiger partial charge >= 0.3 is 0 Å². The zero-order chi connectivity index (χ0) is 24.1. The number of likely N-dealkylation sites (tertiary alicyclic amines) is 1. The maximum atomic E-state index is 12.7. The van der Waals surface area contributed by atoms with Crippen LogP contribution >= 0.6 is 11.6 Å². The molecule has 7 nitrogen and oxygen atoms in total. The number of rotatable bonds is 8. The zero-order valence-electron chi connectivity index (χ0n) is 19.1. The molecule has 0 aliphatic carbocycles. The fourth-order valence-corrected chi connectivity index (χ4v) is 3.96. The van der Waals surface area contributed by atoms with Gasteiger partial charge in [0.25, 0.3) is 5.56 Å². The molecule has 1 saturated heterocycles. The molecule has 1 N–H and O–H groups in total. The van der Waals surface area contributed by atoms with Gasteiger partial charge in [0.1, 0.15) is 12.4 Å². The van der Waals surface area contributed by atoms with Crippen molar-refractivity contribution in [1.82, 2.24) is 14.5 Å². The lowest BCUT2D eigenvalue weighted by Crippen LogP contribution is -2.41. The Morgan fingerprint density at radius 1 is 1.15 bits per heavy atom. The summed E-state index contributed by atoms with van der Waals surface area (Å²) >= 11 is 5.82. The van der Waals surface area contributed by atoms with Gasteiger partial charge in [-0.05, 0) is 43.5 Å². The minimum atomic E-state index is -0.566. The number of ketones is 1. The summed E-state index contributed by atoms with van der Waals surface area (Å²) in [6, 6.07) is 14.0. The van der Waals surface area contributed by atoms with Gasteiger partial charge < -0.3 is 14.4 Å². The normalized spacial score (nSPS) is 15.7. The lowest BCUT2D eigenvalue weighted by Gasteiger charge is -2.35. The molecule has 1 aliphatic heterocycles. The number of benzene rings is 1. The van der Waals surface area contributed by atoms with Crippen LogP contribution in [0.3, 0.4) is 0 Å². The van der Waals surface area contributed by atoms with E-state index in [1.807, 2.05) is 19.1 Å². The first-order valence-electron chi connectivity index (χ1n) is 11.3. The molecule has 1 aliphatic rings. The second kappa shape index (κ2) is 10.5. The van der Waals surface area contributed by atoms with Gasteiger partial charge in [0, 0.05) is 43.7 Å². The molecule has 0 radical (unpaired) electrons. The van der Waals surface area contributed by atoms with Crippen molar-refractivity contribution in [3.63, 3.8) is 0 Å². The van der Waals surface area contributed by atoms with Crippen LogP contribution in [0.2, 0.25) is 5.02 Å². The van der Waals surface area contributed by atoms with E-state index in [1.165, 1.54) is 16.8 Å². The number of aromatic nitrogens is 2. The second-order valence-electron chi connectivity index (χ2n) is 8.98. The van der Waals surface area contributed by atoms with E-state index in [0.29, 0.717) is 22.0 Å². The first kappa shape index (κ1) is 24.1. The van der Waals surface area contributed by atoms with Crippen LogP contribution in [0.4, 0.5) is 0 Å². The van der Waals surface area contributed by atoms with E-state index in [-0.39, 0.29) is 24.5 Å². The molecule has 0 atom stereocenters. The first-order chi connectivity index (χ1) is 16.3. The third kappa shape index (κ3) is 6.53. The van der Waals surface area contributed by atoms with Gasteiger partial charge in [-0.3, -0.25) is 19.5 Å². The van der Waals surface area contributed by atoms with Gasteiger partial charge in [0.2, 0.25) is 0 Å². The molecule has 3 aromatic rings. The molecule has 2 aromatic heterocycles. The number of ether oxygens (including phenoxy) is 1. The Bertz CT molecular complexity index is 1180. The van der Waals surface area contributed by atoms with Crippen LogP contribution in [0.25, 0.3) is 0 Å². The SMILES string of the molecule is CC1(O)CCN(Cc2ccc(C(=O)Cn3ccc(OCc4ccc(Cl)cn4)cc3=O)cc2)CC1. The van der Waals surface area contributed by atoms with Crippen LogP contribution < -0.4 is 10.3 Å². The summed E-state index contributed by atoms with van der Waals surface area (Å²) < 4.78 is 6.99. The number of hydrogen-bond acceptors (Lipinski definition) is 6. The van der Waals surface area contributed by atoms with Crippen molar-refractivity contribution in [1.29, 1.82) is 0 Å². The molecule has 3 heterocycles. The number of hydrogen-bond donors (Lipinski definition) is 1. The summed E-state index contributed by atoms with van der Waals surface area (Å²) in [6.07, 6.45) is 4.63. The third-order valence-corrected chi connectivity index (χ3v) is 6.30. The molecule has 1 fully saturated rings. The largest absolute Gasteiger partial charge is 0.487 e. The Hall–Kier alpha value is -3.00. The lowest BCUT2D eigenvalue weighted by atomic mass is 9.93. The highest BCUT2D eigenvalue weighted by Gasteiger charge is 2.27. The van der Waals surface area contributed by atoms with Gasteiger partial charge in [-0.15, -0.1) is 0 Å². The van der Waals surface area contributed by atoms with E-state index in [1.54, 1.807) is 36.5 Å². The summed E-state index contributed by atoms with van der Waals surface area (Å²) in [5.74, 6) is 0.274. The van der Waals surface area contributed by atoms with Crippen LogP contribution in [-0.4, -0.2) is 44.0 Å². The van der Waals surface area contributed by atoms with Gasteiger partial charge in [-0.2, -0.15) is 0 Å². The minimum Gasteiger partial charge on any atom is -0.487 e. The number of carbonyl (C=O) groups excluding carboxylic acids is 1. The molecule has 8 heteroatoms. The minimum absolute atomic E-state index is 0.0432. The molecular formula is C26H28ClN3O4. The van der Waals surface area contributed by atoms with Crippen LogP contribution in [0.15, 0.2) is 65.7 Å². The molecule has 0 unspecified atom stereocenters. The predicted molar refractivity (Wildman–Crippen MR) is 130 cm³/mol. The van der Waals surface area contributed by atoms with Crippen molar-refractivity contribution in [2.24, 2.45) is 0 Å². The van der Waals surface area contributed by atoms with Crippen LogP contribution in [-0.2, 0) is 19.7 Å². The molecule has 0 amide bonds. The fourth-order valence-electron chi connectivity index (χ4n) is 3.85. The quantitative estimate of drug-likeness (QED) is 0.494. The summed E-state index contributed by atoms with van der Waals surface area (Å²) in [6.45, 7) is 4.55. The lowest BCUT2D eigenvalue weighted by molar-refractivity contribution is -0.00730. The van der Waals surface area contributed by atoms with Crippen molar-refractivity contribution in [2.75, 3.05) is 13.1 Å². The summed E-state index contributed by atoms with van der Waals surface area (Å²) in [4.78, 5) is 31.6. The Kier molecular flexibility index (Phi) is 7.46. The van der Waals surface area contributed by atoms with E-state index in [2.05, 4.69) is 9.88 Å². The van der Waals surface area contributed by atoms with Crippen molar-refractivity contribution in [3.05, 3.63) is 93.1 Å². The number of nitrogens with zero attached hydrogens (tertiary/aromatic N) is 3. The van der Waals surface area contributed by atoms with Crippen molar-refractivity contribution >= 4 is 17.4 Å². The number of halogens is 1. The van der Waals surface area contributed by atoms with Crippen LogP contribution in [0, 0.1) is 0 Å². The summed E-state index contributed by atoms with van der Waals surface area (Å²) in [5.41, 5.74) is 1.49. The topological polar surface area (TPSA) is 84.7 Å². The monoisotopic (exact) mass is 481 g/mol.